The number of nitrogens with zero attached hydrogens (tertiary/aromatic N) is 7. The van der Waals surface area contributed by atoms with Crippen LogP contribution in [0.15, 0.2) is 46.0 Å². The number of nitrogen functional groups attached to an aromatic ring is 1. The highest BCUT2D eigenvalue weighted by Gasteiger charge is 2.53. The number of anilines is 1. The third-order valence-corrected chi connectivity index (χ3v) is 8.64. The Morgan fingerprint density at radius 2 is 2.23 bits per heavy atom. The Morgan fingerprint density at radius 1 is 1.41 bits per heavy atom. The van der Waals surface area contributed by atoms with Crippen molar-refractivity contribution in [3.05, 3.63) is 41.6 Å². The van der Waals surface area contributed by atoms with Crippen LogP contribution < -0.4 is 26.5 Å². The average molecular weight is 591 g/mol. The van der Waals surface area contributed by atoms with Crippen LogP contribution in [0.4, 0.5) is 5.13 Å². The fraction of sp³-hybridized carbons (Fsp3) is 0.333. The van der Waals surface area contributed by atoms with Gasteiger partial charge in [0, 0.05) is 41.2 Å². The lowest BCUT2D eigenvalue weighted by molar-refractivity contribution is -0.662. The van der Waals surface area contributed by atoms with Crippen LogP contribution in [0.1, 0.15) is 5.82 Å². The van der Waals surface area contributed by atoms with E-state index in [1.807, 2.05) is 16.7 Å². The second-order valence-electron chi connectivity index (χ2n) is 8.22. The van der Waals surface area contributed by atoms with E-state index in [4.69, 9.17) is 16.3 Å². The number of β-lactam (4-membered cyclic amide) rings is 1. The monoisotopic (exact) mass is 590 g/mol. The molecule has 2 aliphatic rings. The fourth-order valence-electron chi connectivity index (χ4n) is 4.16. The van der Waals surface area contributed by atoms with Crippen LogP contribution in [0.2, 0.25) is 0 Å². The lowest BCUT2D eigenvalue weighted by Gasteiger charge is -2.50. The molecular weight excluding hydrogens is 568 g/mol. The minimum absolute atomic E-state index is 0.0502. The Labute approximate surface area is 233 Å². The van der Waals surface area contributed by atoms with Crippen molar-refractivity contribution in [2.45, 2.75) is 23.0 Å². The fourth-order valence-corrected chi connectivity index (χ4v) is 6.57. The SMILES string of the molecule is CO/N=C(\C(=O)N[C@@H]1C(=O)N2C(C(=O)[O-])=C(C[n+]3ccn4nc(SCCN)ccc43)CS[C@H]12)c1nsc(N)n1. The molecule has 5 heterocycles. The summed E-state index contributed by atoms with van der Waals surface area (Å²) >= 11 is 3.74. The van der Waals surface area contributed by atoms with Crippen molar-refractivity contribution in [3.63, 3.8) is 0 Å². The molecule has 18 heteroatoms. The molecule has 0 unspecified atom stereocenters. The molecule has 5 rings (SSSR count). The van der Waals surface area contributed by atoms with Gasteiger partial charge in [0.1, 0.15) is 36.3 Å². The Bertz CT molecular complexity index is 1520. The molecule has 0 saturated carbocycles. The number of amides is 2. The van der Waals surface area contributed by atoms with E-state index in [2.05, 4.69) is 24.9 Å². The first kappa shape index (κ1) is 26.9. The molecule has 0 radical (unpaired) electrons. The zero-order chi connectivity index (χ0) is 27.7. The molecule has 2 atom stereocenters. The first-order valence-corrected chi connectivity index (χ1v) is 14.2. The summed E-state index contributed by atoms with van der Waals surface area (Å²) in [5.74, 6) is -1.83. The zero-order valence-corrected chi connectivity index (χ0v) is 22.8. The van der Waals surface area contributed by atoms with Crippen LogP contribution in [0.3, 0.4) is 0 Å². The molecule has 0 aromatic carbocycles. The van der Waals surface area contributed by atoms with Gasteiger partial charge in [-0.3, -0.25) is 14.5 Å². The Balaban J connectivity index is 1.34. The molecule has 2 aliphatic heterocycles. The molecule has 5 N–H and O–H groups in total. The summed E-state index contributed by atoms with van der Waals surface area (Å²) in [4.78, 5) is 47.9. The first-order valence-electron chi connectivity index (χ1n) is 11.4. The summed E-state index contributed by atoms with van der Waals surface area (Å²) in [6, 6.07) is 2.76. The van der Waals surface area contributed by atoms with E-state index in [0.717, 1.165) is 32.9 Å². The predicted molar refractivity (Wildman–Crippen MR) is 140 cm³/mol. The Morgan fingerprint density at radius 3 is 2.92 bits per heavy atom. The second kappa shape index (κ2) is 11.2. The number of rotatable bonds is 10. The van der Waals surface area contributed by atoms with Gasteiger partial charge in [0.25, 0.3) is 11.8 Å². The molecule has 1 saturated heterocycles. The zero-order valence-electron chi connectivity index (χ0n) is 20.3. The van der Waals surface area contributed by atoms with Gasteiger partial charge < -0.3 is 31.5 Å². The van der Waals surface area contributed by atoms with Crippen molar-refractivity contribution in [2.24, 2.45) is 10.9 Å². The maximum Gasteiger partial charge on any atom is 0.307 e. The number of nitrogens with two attached hydrogens (primary N) is 2. The number of aliphatic carboxylic acids is 1. The molecule has 3 aromatic rings. The number of hydrogen-bond donors (Lipinski definition) is 3. The van der Waals surface area contributed by atoms with Gasteiger partial charge >= 0.3 is 5.65 Å². The van der Waals surface area contributed by atoms with E-state index in [9.17, 15) is 19.5 Å². The quantitative estimate of drug-likeness (QED) is 0.0739. The van der Waals surface area contributed by atoms with Crippen LogP contribution in [0.5, 0.6) is 0 Å². The maximum atomic E-state index is 13.1. The van der Waals surface area contributed by atoms with Crippen LogP contribution in [0, 0.1) is 0 Å². The third-order valence-electron chi connectivity index (χ3n) is 5.81. The van der Waals surface area contributed by atoms with Crippen molar-refractivity contribution in [2.75, 3.05) is 30.9 Å². The van der Waals surface area contributed by atoms with Gasteiger partial charge in [-0.1, -0.05) is 10.3 Å². The van der Waals surface area contributed by atoms with Crippen LogP contribution in [-0.4, -0.2) is 83.9 Å². The Hall–Kier alpha value is -3.74. The number of oxime groups is 1. The smallest absolute Gasteiger partial charge is 0.307 e. The molecular formula is C21H22N10O5S3. The lowest BCUT2D eigenvalue weighted by Crippen LogP contribution is -2.71. The van der Waals surface area contributed by atoms with Gasteiger partial charge in [-0.25, -0.2) is 4.57 Å². The number of fused-ring (bicyclic) bond motifs is 2. The third kappa shape index (κ3) is 5.14. The topological polar surface area (TPSA) is 210 Å². The molecule has 39 heavy (non-hydrogen) atoms. The number of thioether (sulfide) groups is 2. The van der Waals surface area contributed by atoms with Gasteiger partial charge in [-0.2, -0.15) is 9.36 Å². The van der Waals surface area contributed by atoms with E-state index >= 15 is 0 Å². The minimum Gasteiger partial charge on any atom is -0.543 e. The van der Waals surface area contributed by atoms with Crippen LogP contribution >= 0.6 is 35.1 Å². The van der Waals surface area contributed by atoms with Crippen molar-refractivity contribution in [1.82, 2.24) is 29.2 Å². The number of nitrogens with one attached hydrogen (secondary N) is 1. The molecule has 2 amide bonds. The summed E-state index contributed by atoms with van der Waals surface area (Å²) in [6.45, 7) is 0.744. The highest BCUT2D eigenvalue weighted by molar-refractivity contribution is 8.00. The number of carboxylic acids is 1. The van der Waals surface area contributed by atoms with Crippen LogP contribution in [0.25, 0.3) is 5.65 Å². The van der Waals surface area contributed by atoms with Gasteiger partial charge in [-0.15, -0.1) is 28.0 Å². The summed E-state index contributed by atoms with van der Waals surface area (Å²) in [5, 5.41) is 23.3. The van der Waals surface area contributed by atoms with Crippen molar-refractivity contribution >= 4 is 69.3 Å². The van der Waals surface area contributed by atoms with E-state index in [-0.39, 0.29) is 28.9 Å². The minimum atomic E-state index is -1.47. The van der Waals surface area contributed by atoms with E-state index in [0.29, 0.717) is 17.9 Å². The number of aromatic nitrogens is 5. The van der Waals surface area contributed by atoms with Crippen molar-refractivity contribution < 1.29 is 28.9 Å². The number of imidazole rings is 1. The Kier molecular flexibility index (Phi) is 7.69. The number of hydrogen-bond acceptors (Lipinski definition) is 14. The largest absolute Gasteiger partial charge is 0.543 e. The molecule has 15 nitrogen and oxygen atoms in total. The molecule has 0 bridgehead atoms. The summed E-state index contributed by atoms with van der Waals surface area (Å²) in [7, 11) is 1.25. The van der Waals surface area contributed by atoms with E-state index in [1.54, 1.807) is 16.9 Å². The van der Waals surface area contributed by atoms with Crippen molar-refractivity contribution in [1.29, 1.82) is 0 Å². The van der Waals surface area contributed by atoms with Gasteiger partial charge in [-0.05, 0) is 6.07 Å². The highest BCUT2D eigenvalue weighted by Crippen LogP contribution is 2.40. The molecule has 0 aliphatic carbocycles. The van der Waals surface area contributed by atoms with Gasteiger partial charge in [0.05, 0.1) is 11.7 Å². The molecule has 1 fully saturated rings. The average Bonchev–Trinajstić information content (AvgIpc) is 3.54. The molecule has 3 aromatic heterocycles. The second-order valence-corrected chi connectivity index (χ2v) is 11.2. The normalized spacial score (nSPS) is 19.2. The summed E-state index contributed by atoms with van der Waals surface area (Å²) in [6.07, 6.45) is 3.55. The number of carbonyl (C=O) groups is 3. The lowest BCUT2D eigenvalue weighted by atomic mass is 10.0. The van der Waals surface area contributed by atoms with Gasteiger partial charge in [0.15, 0.2) is 11.3 Å². The molecule has 0 spiro atoms. The summed E-state index contributed by atoms with van der Waals surface area (Å²) < 4.78 is 7.49. The number of carbonyl (C=O) groups excluding carboxylic acids is 3. The summed E-state index contributed by atoms with van der Waals surface area (Å²) in [5.41, 5.74) is 11.9. The van der Waals surface area contributed by atoms with E-state index in [1.165, 1.54) is 30.6 Å². The highest BCUT2D eigenvalue weighted by atomic mass is 32.2. The molecule has 204 valence electrons. The first-order chi connectivity index (χ1) is 18.8. The standard InChI is InChI=1S/C21H22N10O5S3/c1-36-27-13(16-25-21(23)39-28-16)17(32)24-14-18(33)31-15(20(34)35)10(9-38-19(14)31)8-29-5-6-30-12(29)3-2-11(26-30)37-7-4-22/h2-3,5-6,14,19H,4,7-9,22H2,1H3,(H3-,23,24,25,28,32,34,35)/b27-13-/t14-,19-/m1/s1. The van der Waals surface area contributed by atoms with Crippen LogP contribution in [-0.2, 0) is 25.8 Å². The maximum absolute atomic E-state index is 13.1. The van der Waals surface area contributed by atoms with E-state index < -0.39 is 29.2 Å². The predicted octanol–water partition coefficient (Wildman–Crippen LogP) is -2.44. The van der Waals surface area contributed by atoms with Gasteiger partial charge in [0.2, 0.25) is 11.5 Å². The van der Waals surface area contributed by atoms with Crippen molar-refractivity contribution in [3.8, 4) is 0 Å². The number of carboxylic acid groups (broad SMARTS) is 1.